The van der Waals surface area contributed by atoms with E-state index in [9.17, 15) is 13.5 Å². The number of benzene rings is 3. The maximum atomic E-state index is 13.4. The quantitative estimate of drug-likeness (QED) is 0.155. The van der Waals surface area contributed by atoms with Gasteiger partial charge in [0.2, 0.25) is 21.0 Å². The largest absolute Gasteiger partial charge is 0.493 e. The van der Waals surface area contributed by atoms with Crippen LogP contribution in [0, 0.1) is 6.92 Å². The molecule has 4 aromatic rings. The lowest BCUT2D eigenvalue weighted by atomic mass is 10.1. The lowest BCUT2D eigenvalue weighted by Crippen LogP contribution is -2.40. The summed E-state index contributed by atoms with van der Waals surface area (Å²) < 4.78 is 35.2. The van der Waals surface area contributed by atoms with Gasteiger partial charge in [-0.1, -0.05) is 35.9 Å². The summed E-state index contributed by atoms with van der Waals surface area (Å²) >= 11 is 7.00. The van der Waals surface area contributed by atoms with Crippen LogP contribution in [0.3, 0.4) is 0 Å². The first-order valence-electron chi connectivity index (χ1n) is 12.6. The number of nitrogens with zero attached hydrogens (tertiary/aromatic N) is 4. The minimum atomic E-state index is -3.77. The number of aryl methyl sites for hydroxylation is 1. The molecule has 40 heavy (non-hydrogen) atoms. The minimum Gasteiger partial charge on any atom is -0.493 e. The highest BCUT2D eigenvalue weighted by Crippen LogP contribution is 2.41. The van der Waals surface area contributed by atoms with Crippen molar-refractivity contribution in [1.29, 1.82) is 0 Å². The van der Waals surface area contributed by atoms with E-state index in [0.29, 0.717) is 30.7 Å². The summed E-state index contributed by atoms with van der Waals surface area (Å²) in [5.41, 5.74) is 3.63. The normalized spacial score (nSPS) is 14.7. The molecule has 9 nitrogen and oxygen atoms in total. The molecule has 0 amide bonds. The molecule has 2 heterocycles. The third-order valence-corrected chi connectivity index (χ3v) is 9.42. The molecule has 208 valence electrons. The second-order valence-corrected chi connectivity index (χ2v) is 12.5. The zero-order chi connectivity index (χ0) is 28.3. The monoisotopic (exact) mass is 595 g/mol. The van der Waals surface area contributed by atoms with Crippen LogP contribution < -0.4 is 5.32 Å². The lowest BCUT2D eigenvalue weighted by Gasteiger charge is -2.26. The molecule has 0 radical (unpaired) electrons. The molecular weight excluding hydrogens is 567 g/mol. The number of fused-ring (bicyclic) bond motifs is 1. The van der Waals surface area contributed by atoms with Gasteiger partial charge in [-0.2, -0.15) is 4.31 Å². The Morgan fingerprint density at radius 2 is 1.85 bits per heavy atom. The maximum absolute atomic E-state index is 13.4. The second-order valence-electron chi connectivity index (χ2n) is 9.30. The van der Waals surface area contributed by atoms with Crippen LogP contribution in [0.2, 0.25) is 0 Å². The predicted octanol–water partition coefficient (Wildman–Crippen LogP) is 5.93. The standard InChI is InChI=1S/C28H29N5O4S3/c1-19-6-8-20(9-7-19)18-33-25-11-10-23(40(35,36)32-12-14-37-15-13-32)17-24(25)26(27(33)34)30-31-28(38)29-21-4-3-5-22(16-21)39-2/h3-11,16-17,34H,12-15,18H2,1-2H3,(H,29,38). The second kappa shape index (κ2) is 12.1. The van der Waals surface area contributed by atoms with Crippen molar-refractivity contribution in [2.75, 3.05) is 37.9 Å². The summed E-state index contributed by atoms with van der Waals surface area (Å²) in [6.45, 7) is 3.62. The number of rotatable bonds is 7. The van der Waals surface area contributed by atoms with Crippen LogP contribution in [0.25, 0.3) is 10.9 Å². The van der Waals surface area contributed by atoms with E-state index in [0.717, 1.165) is 21.7 Å². The third-order valence-electron chi connectivity index (χ3n) is 6.61. The van der Waals surface area contributed by atoms with Gasteiger partial charge in [-0.05, 0) is 67.4 Å². The molecule has 1 aliphatic heterocycles. The van der Waals surface area contributed by atoms with E-state index in [1.54, 1.807) is 28.5 Å². The van der Waals surface area contributed by atoms with Gasteiger partial charge < -0.3 is 19.7 Å². The molecule has 1 aromatic heterocycles. The fourth-order valence-electron chi connectivity index (χ4n) is 4.48. The number of hydrogen-bond acceptors (Lipinski definition) is 7. The topological polar surface area (TPSA) is 109 Å². The smallest absolute Gasteiger partial charge is 0.243 e. The van der Waals surface area contributed by atoms with Crippen LogP contribution in [0.4, 0.5) is 11.4 Å². The molecule has 12 heteroatoms. The van der Waals surface area contributed by atoms with Crippen molar-refractivity contribution in [2.45, 2.75) is 23.3 Å². The van der Waals surface area contributed by atoms with Crippen molar-refractivity contribution in [3.8, 4) is 5.88 Å². The van der Waals surface area contributed by atoms with Crippen molar-refractivity contribution < 1.29 is 18.3 Å². The van der Waals surface area contributed by atoms with E-state index in [-0.39, 0.29) is 34.7 Å². The number of aromatic nitrogens is 1. The number of azo groups is 1. The van der Waals surface area contributed by atoms with Gasteiger partial charge in [0.05, 0.1) is 30.2 Å². The number of ether oxygens (including phenoxy) is 1. The number of aromatic hydroxyl groups is 1. The SMILES string of the molecule is CSc1cccc(NC(=S)N=Nc2c(O)n(Cc3ccc(C)cc3)c3ccc(S(=O)(=O)N4CCOCC4)cc23)c1. The van der Waals surface area contributed by atoms with E-state index in [4.69, 9.17) is 17.0 Å². The van der Waals surface area contributed by atoms with Gasteiger partial charge in [0.25, 0.3) is 0 Å². The molecular formula is C28H29N5O4S3. The summed E-state index contributed by atoms with van der Waals surface area (Å²) in [4.78, 5) is 1.18. The number of morpholine rings is 1. The van der Waals surface area contributed by atoms with E-state index < -0.39 is 10.0 Å². The Morgan fingerprint density at radius 1 is 1.10 bits per heavy atom. The van der Waals surface area contributed by atoms with E-state index in [1.165, 1.54) is 10.4 Å². The number of sulfonamides is 1. The molecule has 0 atom stereocenters. The van der Waals surface area contributed by atoms with Gasteiger partial charge in [-0.25, -0.2) is 8.42 Å². The number of thiocarbonyl (C=S) groups is 1. The Bertz CT molecular complexity index is 1680. The fraction of sp³-hybridized carbons (Fsp3) is 0.250. The maximum Gasteiger partial charge on any atom is 0.243 e. The minimum absolute atomic E-state index is 0.106. The van der Waals surface area contributed by atoms with Crippen LogP contribution in [0.5, 0.6) is 5.88 Å². The molecule has 1 fully saturated rings. The first-order chi connectivity index (χ1) is 19.3. The van der Waals surface area contributed by atoms with Gasteiger partial charge >= 0.3 is 0 Å². The summed E-state index contributed by atoms with van der Waals surface area (Å²) in [6, 6.07) is 20.5. The van der Waals surface area contributed by atoms with Crippen molar-refractivity contribution in [3.63, 3.8) is 0 Å². The van der Waals surface area contributed by atoms with Gasteiger partial charge in [0, 0.05) is 29.1 Å². The summed E-state index contributed by atoms with van der Waals surface area (Å²) in [7, 11) is -3.77. The van der Waals surface area contributed by atoms with Gasteiger partial charge in [0.1, 0.15) is 0 Å². The summed E-state index contributed by atoms with van der Waals surface area (Å²) in [5.74, 6) is -0.132. The van der Waals surface area contributed by atoms with E-state index >= 15 is 0 Å². The first-order valence-corrected chi connectivity index (χ1v) is 15.7. The zero-order valence-corrected chi connectivity index (χ0v) is 24.5. The van der Waals surface area contributed by atoms with Crippen LogP contribution >= 0.6 is 24.0 Å². The van der Waals surface area contributed by atoms with Crippen molar-refractivity contribution >= 4 is 61.4 Å². The Labute approximate surface area is 242 Å². The van der Waals surface area contributed by atoms with Crippen molar-refractivity contribution in [1.82, 2.24) is 8.87 Å². The average Bonchev–Trinajstić information content (AvgIpc) is 3.23. The molecule has 2 N–H and O–H groups in total. The van der Waals surface area contributed by atoms with Gasteiger partial charge in [-0.15, -0.1) is 22.0 Å². The molecule has 5 rings (SSSR count). The highest BCUT2D eigenvalue weighted by molar-refractivity contribution is 7.98. The fourth-order valence-corrected chi connectivity index (χ4v) is 6.53. The molecule has 0 bridgehead atoms. The summed E-state index contributed by atoms with van der Waals surface area (Å²) in [6.07, 6.45) is 1.99. The third kappa shape index (κ3) is 6.06. The number of anilines is 1. The van der Waals surface area contributed by atoms with Crippen molar-refractivity contribution in [3.05, 3.63) is 77.9 Å². The first kappa shape index (κ1) is 28.2. The van der Waals surface area contributed by atoms with Crippen LogP contribution in [0.15, 0.2) is 86.7 Å². The molecule has 1 saturated heterocycles. The van der Waals surface area contributed by atoms with Crippen LogP contribution in [-0.4, -0.2) is 60.1 Å². The van der Waals surface area contributed by atoms with Crippen LogP contribution in [-0.2, 0) is 21.3 Å². The number of thioether (sulfide) groups is 1. The Hall–Kier alpha value is -3.29. The number of nitrogens with one attached hydrogen (secondary N) is 1. The zero-order valence-electron chi connectivity index (χ0n) is 22.1. The molecule has 0 unspecified atom stereocenters. The van der Waals surface area contributed by atoms with Gasteiger partial charge in [-0.3, -0.25) is 0 Å². The van der Waals surface area contributed by atoms with E-state index in [2.05, 4.69) is 15.5 Å². The molecule has 1 aliphatic rings. The molecule has 0 saturated carbocycles. The highest BCUT2D eigenvalue weighted by atomic mass is 32.2. The van der Waals surface area contributed by atoms with Crippen LogP contribution in [0.1, 0.15) is 11.1 Å². The Kier molecular flexibility index (Phi) is 8.52. The number of hydrogen-bond donors (Lipinski definition) is 2. The Balaban J connectivity index is 1.54. The predicted molar refractivity (Wildman–Crippen MR) is 162 cm³/mol. The summed E-state index contributed by atoms with van der Waals surface area (Å²) in [5, 5.41) is 23.4. The van der Waals surface area contributed by atoms with E-state index in [1.807, 2.05) is 61.7 Å². The van der Waals surface area contributed by atoms with Gasteiger partial charge in [0.15, 0.2) is 5.69 Å². The molecule has 3 aromatic carbocycles. The average molecular weight is 596 g/mol. The van der Waals surface area contributed by atoms with Crippen molar-refractivity contribution in [2.24, 2.45) is 10.2 Å². The Morgan fingerprint density at radius 3 is 2.58 bits per heavy atom. The molecule has 0 aliphatic carbocycles. The highest BCUT2D eigenvalue weighted by Gasteiger charge is 2.28. The molecule has 0 spiro atoms. The lowest BCUT2D eigenvalue weighted by molar-refractivity contribution is 0.0730.